The van der Waals surface area contributed by atoms with Gasteiger partial charge in [0.2, 0.25) is 0 Å². The maximum atomic E-state index is 3.56. The lowest BCUT2D eigenvalue weighted by atomic mass is 9.83. The molecule has 0 saturated heterocycles. The molecular formula is C19H31N. The fraction of sp³-hybridized carbons (Fsp3) is 0.684. The maximum absolute atomic E-state index is 3.56. The van der Waals surface area contributed by atoms with Crippen molar-refractivity contribution < 1.29 is 0 Å². The van der Waals surface area contributed by atoms with Crippen molar-refractivity contribution in [2.24, 2.45) is 5.92 Å². The molecule has 0 spiro atoms. The second-order valence-electron chi connectivity index (χ2n) is 6.74. The number of benzene rings is 1. The van der Waals surface area contributed by atoms with Gasteiger partial charge in [0.1, 0.15) is 0 Å². The molecule has 1 nitrogen and oxygen atoms in total. The fourth-order valence-electron chi connectivity index (χ4n) is 4.05. The topological polar surface area (TPSA) is 12.0 Å². The fourth-order valence-corrected chi connectivity index (χ4v) is 4.05. The summed E-state index contributed by atoms with van der Waals surface area (Å²) in [7, 11) is 2.12. The van der Waals surface area contributed by atoms with Crippen LogP contribution in [-0.4, -0.2) is 7.05 Å². The van der Waals surface area contributed by atoms with E-state index in [0.717, 1.165) is 5.92 Å². The largest absolute Gasteiger partial charge is 0.313 e. The van der Waals surface area contributed by atoms with Gasteiger partial charge in [-0.3, -0.25) is 0 Å². The van der Waals surface area contributed by atoms with Crippen LogP contribution in [-0.2, 0) is 0 Å². The Balaban J connectivity index is 2.04. The quantitative estimate of drug-likeness (QED) is 0.774. The van der Waals surface area contributed by atoms with E-state index in [0.29, 0.717) is 6.04 Å². The van der Waals surface area contributed by atoms with E-state index in [1.807, 2.05) is 0 Å². The van der Waals surface area contributed by atoms with Crippen LogP contribution in [0.15, 0.2) is 12.1 Å². The van der Waals surface area contributed by atoms with Crippen LogP contribution in [0, 0.1) is 26.7 Å². The summed E-state index contributed by atoms with van der Waals surface area (Å²) in [6, 6.07) is 5.18. The van der Waals surface area contributed by atoms with E-state index in [-0.39, 0.29) is 0 Å². The average Bonchev–Trinajstić information content (AvgIpc) is 2.42. The standard InChI is InChI=1S/C19H31N/c1-14-12-15(2)19(16(3)13-14)18(20-4)11-10-17-8-6-5-7-9-17/h12-13,17-18,20H,5-11H2,1-4H3. The minimum Gasteiger partial charge on any atom is -0.313 e. The van der Waals surface area contributed by atoms with Gasteiger partial charge in [0, 0.05) is 6.04 Å². The van der Waals surface area contributed by atoms with Crippen LogP contribution in [0.2, 0.25) is 0 Å². The van der Waals surface area contributed by atoms with Gasteiger partial charge in [-0.1, -0.05) is 49.8 Å². The first-order valence-electron chi connectivity index (χ1n) is 8.37. The van der Waals surface area contributed by atoms with Gasteiger partial charge in [0.25, 0.3) is 0 Å². The van der Waals surface area contributed by atoms with E-state index in [2.05, 4.69) is 45.3 Å². The molecule has 1 fully saturated rings. The Morgan fingerprint density at radius 3 is 2.20 bits per heavy atom. The molecule has 1 heteroatoms. The zero-order chi connectivity index (χ0) is 14.5. The van der Waals surface area contributed by atoms with Crippen LogP contribution in [0.1, 0.15) is 73.2 Å². The highest BCUT2D eigenvalue weighted by Gasteiger charge is 2.18. The third-order valence-electron chi connectivity index (χ3n) is 5.02. The summed E-state index contributed by atoms with van der Waals surface area (Å²) in [5, 5.41) is 3.56. The molecule has 1 saturated carbocycles. The van der Waals surface area contributed by atoms with E-state index in [1.54, 1.807) is 0 Å². The first-order valence-corrected chi connectivity index (χ1v) is 8.37. The predicted molar refractivity (Wildman–Crippen MR) is 88.3 cm³/mol. The molecule has 1 aromatic carbocycles. The monoisotopic (exact) mass is 273 g/mol. The Morgan fingerprint density at radius 1 is 1.05 bits per heavy atom. The molecule has 0 radical (unpaired) electrons. The average molecular weight is 273 g/mol. The lowest BCUT2D eigenvalue weighted by Gasteiger charge is -2.26. The van der Waals surface area contributed by atoms with Crippen molar-refractivity contribution in [1.82, 2.24) is 5.32 Å². The maximum Gasteiger partial charge on any atom is 0.0322 e. The lowest BCUT2D eigenvalue weighted by Crippen LogP contribution is -2.20. The molecular weight excluding hydrogens is 242 g/mol. The summed E-state index contributed by atoms with van der Waals surface area (Å²) in [6.45, 7) is 6.72. The molecule has 1 aliphatic rings. The van der Waals surface area contributed by atoms with Gasteiger partial charge < -0.3 is 5.32 Å². The molecule has 0 aliphatic heterocycles. The van der Waals surface area contributed by atoms with E-state index < -0.39 is 0 Å². The Morgan fingerprint density at radius 2 is 1.65 bits per heavy atom. The molecule has 2 rings (SSSR count). The van der Waals surface area contributed by atoms with E-state index >= 15 is 0 Å². The second kappa shape index (κ2) is 7.26. The third-order valence-corrected chi connectivity index (χ3v) is 5.02. The van der Waals surface area contributed by atoms with Crippen molar-refractivity contribution >= 4 is 0 Å². The van der Waals surface area contributed by atoms with E-state index in [1.165, 1.54) is 67.2 Å². The number of nitrogens with one attached hydrogen (secondary N) is 1. The molecule has 112 valence electrons. The van der Waals surface area contributed by atoms with Gasteiger partial charge in [0.15, 0.2) is 0 Å². The van der Waals surface area contributed by atoms with Crippen LogP contribution in [0.3, 0.4) is 0 Å². The van der Waals surface area contributed by atoms with Crippen LogP contribution in [0.25, 0.3) is 0 Å². The number of hydrogen-bond donors (Lipinski definition) is 1. The molecule has 20 heavy (non-hydrogen) atoms. The van der Waals surface area contributed by atoms with Crippen LogP contribution >= 0.6 is 0 Å². The molecule has 1 N–H and O–H groups in total. The van der Waals surface area contributed by atoms with Crippen molar-refractivity contribution in [2.45, 2.75) is 71.8 Å². The number of hydrogen-bond acceptors (Lipinski definition) is 1. The van der Waals surface area contributed by atoms with Gasteiger partial charge >= 0.3 is 0 Å². The van der Waals surface area contributed by atoms with Gasteiger partial charge in [0.05, 0.1) is 0 Å². The Labute approximate surface area is 125 Å². The van der Waals surface area contributed by atoms with Crippen molar-refractivity contribution in [2.75, 3.05) is 7.05 Å². The van der Waals surface area contributed by atoms with E-state index in [4.69, 9.17) is 0 Å². The zero-order valence-corrected chi connectivity index (χ0v) is 13.8. The minimum absolute atomic E-state index is 0.525. The van der Waals surface area contributed by atoms with Gasteiger partial charge in [-0.25, -0.2) is 0 Å². The summed E-state index contributed by atoms with van der Waals surface area (Å²) in [5.74, 6) is 0.977. The molecule has 0 bridgehead atoms. The molecule has 0 heterocycles. The van der Waals surface area contributed by atoms with Crippen molar-refractivity contribution in [3.8, 4) is 0 Å². The Kier molecular flexibility index (Phi) is 5.65. The molecule has 1 aliphatic carbocycles. The molecule has 0 amide bonds. The van der Waals surface area contributed by atoms with Gasteiger partial charge in [-0.05, 0) is 63.3 Å². The van der Waals surface area contributed by atoms with Crippen molar-refractivity contribution in [1.29, 1.82) is 0 Å². The number of aryl methyl sites for hydroxylation is 3. The first-order chi connectivity index (χ1) is 9.61. The normalized spacial score (nSPS) is 18.2. The first kappa shape index (κ1) is 15.6. The highest BCUT2D eigenvalue weighted by Crippen LogP contribution is 2.32. The van der Waals surface area contributed by atoms with Crippen LogP contribution < -0.4 is 5.32 Å². The summed E-state index contributed by atoms with van der Waals surface area (Å²) in [6.07, 6.45) is 9.96. The highest BCUT2D eigenvalue weighted by atomic mass is 14.9. The zero-order valence-electron chi connectivity index (χ0n) is 13.8. The highest BCUT2D eigenvalue weighted by molar-refractivity contribution is 5.39. The predicted octanol–water partition coefficient (Wildman–Crippen LogP) is 5.23. The van der Waals surface area contributed by atoms with E-state index in [9.17, 15) is 0 Å². The molecule has 1 aromatic rings. The van der Waals surface area contributed by atoms with Gasteiger partial charge in [-0.2, -0.15) is 0 Å². The summed E-state index contributed by atoms with van der Waals surface area (Å²) in [4.78, 5) is 0. The van der Waals surface area contributed by atoms with Crippen molar-refractivity contribution in [3.05, 3.63) is 34.4 Å². The second-order valence-corrected chi connectivity index (χ2v) is 6.74. The van der Waals surface area contributed by atoms with Crippen molar-refractivity contribution in [3.63, 3.8) is 0 Å². The molecule has 1 atom stereocenters. The number of rotatable bonds is 5. The van der Waals surface area contributed by atoms with Crippen LogP contribution in [0.4, 0.5) is 0 Å². The van der Waals surface area contributed by atoms with Crippen LogP contribution in [0.5, 0.6) is 0 Å². The smallest absolute Gasteiger partial charge is 0.0322 e. The summed E-state index contributed by atoms with van der Waals surface area (Å²) in [5.41, 5.74) is 5.82. The minimum atomic E-state index is 0.525. The molecule has 1 unspecified atom stereocenters. The lowest BCUT2D eigenvalue weighted by molar-refractivity contribution is 0.317. The SMILES string of the molecule is CNC(CCC1CCCCC1)c1c(C)cc(C)cc1C. The molecule has 0 aromatic heterocycles. The summed E-state index contributed by atoms with van der Waals surface area (Å²) >= 11 is 0. The Bertz CT molecular complexity index is 406. The Hall–Kier alpha value is -0.820. The third kappa shape index (κ3) is 3.85. The summed E-state index contributed by atoms with van der Waals surface area (Å²) < 4.78 is 0. The van der Waals surface area contributed by atoms with Gasteiger partial charge in [-0.15, -0.1) is 0 Å².